The Labute approximate surface area is 74.1 Å². The number of thioether (sulfide) groups is 1. The number of nitrogens with one attached hydrogen (secondary N) is 1. The molecule has 5 heteroatoms. The van der Waals surface area contributed by atoms with Crippen molar-refractivity contribution in [3.63, 3.8) is 0 Å². The lowest BCUT2D eigenvalue weighted by Gasteiger charge is -2.32. The van der Waals surface area contributed by atoms with E-state index in [1.807, 2.05) is 0 Å². The molecule has 4 atom stereocenters. The Morgan fingerprint density at radius 3 is 2.58 bits per heavy atom. The van der Waals surface area contributed by atoms with Crippen molar-refractivity contribution in [2.45, 2.75) is 24.6 Å². The Balaban J connectivity index is 2.72. The maximum atomic E-state index is 13.2. The molecule has 0 aromatic heterocycles. The van der Waals surface area contributed by atoms with Crippen LogP contribution >= 0.6 is 11.8 Å². The monoisotopic (exact) mass is 195 g/mol. The van der Waals surface area contributed by atoms with Gasteiger partial charge in [-0.3, -0.25) is 4.79 Å². The lowest BCUT2D eigenvalue weighted by molar-refractivity contribution is -0.131. The molecule has 4 unspecified atom stereocenters. The summed E-state index contributed by atoms with van der Waals surface area (Å²) in [4.78, 5) is 10.9. The van der Waals surface area contributed by atoms with Gasteiger partial charge >= 0.3 is 0 Å². The third kappa shape index (κ3) is 1.55. The minimum atomic E-state index is -1.56. The quantitative estimate of drug-likeness (QED) is 0.635. The Kier molecular flexibility index (Phi) is 2.93. The molecule has 1 N–H and O–H groups in total. The van der Waals surface area contributed by atoms with Gasteiger partial charge in [-0.15, -0.1) is 0 Å². The summed E-state index contributed by atoms with van der Waals surface area (Å²) in [5, 5.41) is 1.33. The molecule has 1 rings (SSSR count). The fourth-order valence-electron chi connectivity index (χ4n) is 1.19. The molecular formula is C7H11F2NOS. The summed E-state index contributed by atoms with van der Waals surface area (Å²) >= 11 is 1.10. The maximum Gasteiger partial charge on any atom is 0.228 e. The largest absolute Gasteiger partial charge is 0.325 e. The SMILES string of the molecule is CSC1C(F)NC(=O)C(C)C1F. The van der Waals surface area contributed by atoms with Crippen LogP contribution in [0.2, 0.25) is 0 Å². The van der Waals surface area contributed by atoms with E-state index in [0.717, 1.165) is 11.8 Å². The lowest BCUT2D eigenvalue weighted by atomic mass is 9.98. The van der Waals surface area contributed by atoms with E-state index in [1.165, 1.54) is 6.92 Å². The molecule has 1 amide bonds. The fourth-order valence-corrected chi connectivity index (χ4v) is 1.99. The molecule has 0 aromatic rings. The summed E-state index contributed by atoms with van der Waals surface area (Å²) in [6.45, 7) is 1.47. The van der Waals surface area contributed by atoms with Crippen LogP contribution in [0.5, 0.6) is 0 Å². The minimum absolute atomic E-state index is 0.541. The summed E-state index contributed by atoms with van der Waals surface area (Å²) in [6.07, 6.45) is -1.31. The third-order valence-electron chi connectivity index (χ3n) is 2.05. The number of halogens is 2. The van der Waals surface area contributed by atoms with E-state index in [1.54, 1.807) is 6.26 Å². The fraction of sp³-hybridized carbons (Fsp3) is 0.857. The van der Waals surface area contributed by atoms with Crippen LogP contribution in [0.4, 0.5) is 8.78 Å². The zero-order valence-electron chi connectivity index (χ0n) is 6.88. The van der Waals surface area contributed by atoms with Crippen LogP contribution in [0.3, 0.4) is 0 Å². The molecule has 1 aliphatic heterocycles. The molecule has 1 heterocycles. The first-order chi connectivity index (χ1) is 5.57. The number of carbonyl (C=O) groups is 1. The van der Waals surface area contributed by atoms with Crippen LogP contribution in [-0.4, -0.2) is 29.9 Å². The molecule has 1 aliphatic rings. The molecule has 70 valence electrons. The molecule has 1 fully saturated rings. The van der Waals surface area contributed by atoms with Crippen LogP contribution in [-0.2, 0) is 4.79 Å². The van der Waals surface area contributed by atoms with Crippen LogP contribution in [0.15, 0.2) is 0 Å². The van der Waals surface area contributed by atoms with Gasteiger partial charge in [-0.1, -0.05) is 6.92 Å². The van der Waals surface area contributed by atoms with E-state index in [4.69, 9.17) is 0 Å². The number of carbonyl (C=O) groups excluding carboxylic acids is 1. The molecular weight excluding hydrogens is 184 g/mol. The lowest BCUT2D eigenvalue weighted by Crippen LogP contribution is -2.54. The van der Waals surface area contributed by atoms with Crippen molar-refractivity contribution in [3.05, 3.63) is 0 Å². The smallest absolute Gasteiger partial charge is 0.228 e. The van der Waals surface area contributed by atoms with Crippen molar-refractivity contribution in [1.82, 2.24) is 5.32 Å². The summed E-state index contributed by atoms with van der Waals surface area (Å²) in [7, 11) is 0. The number of piperidine rings is 1. The zero-order valence-corrected chi connectivity index (χ0v) is 7.70. The second-order valence-corrected chi connectivity index (χ2v) is 3.86. The molecule has 0 spiro atoms. The highest BCUT2D eigenvalue weighted by atomic mass is 32.2. The molecule has 1 saturated heterocycles. The first-order valence-corrected chi connectivity index (χ1v) is 4.98. The van der Waals surface area contributed by atoms with E-state index in [9.17, 15) is 13.6 Å². The molecule has 2 nitrogen and oxygen atoms in total. The Morgan fingerprint density at radius 2 is 2.08 bits per heavy atom. The van der Waals surface area contributed by atoms with Gasteiger partial charge in [0.2, 0.25) is 5.91 Å². The summed E-state index contributed by atoms with van der Waals surface area (Å²) in [5.74, 6) is -1.28. The normalized spacial score (nSPS) is 42.5. The highest BCUT2D eigenvalue weighted by Gasteiger charge is 2.42. The van der Waals surface area contributed by atoms with Gasteiger partial charge in [-0.25, -0.2) is 8.78 Å². The van der Waals surface area contributed by atoms with Gasteiger partial charge in [0.25, 0.3) is 0 Å². The number of hydrogen-bond donors (Lipinski definition) is 1. The Morgan fingerprint density at radius 1 is 1.50 bits per heavy atom. The Bertz CT molecular complexity index is 190. The van der Waals surface area contributed by atoms with E-state index >= 15 is 0 Å². The van der Waals surface area contributed by atoms with Gasteiger partial charge in [0.05, 0.1) is 11.2 Å². The number of hydrogen-bond acceptors (Lipinski definition) is 2. The minimum Gasteiger partial charge on any atom is -0.325 e. The molecule has 0 aromatic carbocycles. The van der Waals surface area contributed by atoms with Crippen LogP contribution < -0.4 is 5.32 Å². The number of alkyl halides is 2. The highest BCUT2D eigenvalue weighted by molar-refractivity contribution is 7.99. The van der Waals surface area contributed by atoms with Gasteiger partial charge < -0.3 is 5.32 Å². The van der Waals surface area contributed by atoms with Crippen molar-refractivity contribution in [2.24, 2.45) is 5.92 Å². The molecule has 0 bridgehead atoms. The van der Waals surface area contributed by atoms with Gasteiger partial charge in [-0.05, 0) is 6.26 Å². The third-order valence-corrected chi connectivity index (χ3v) is 3.09. The first kappa shape index (κ1) is 9.77. The van der Waals surface area contributed by atoms with Crippen molar-refractivity contribution >= 4 is 17.7 Å². The van der Waals surface area contributed by atoms with Gasteiger partial charge in [-0.2, -0.15) is 11.8 Å². The zero-order chi connectivity index (χ0) is 9.30. The standard InChI is InChI=1S/C7H11F2NOS/c1-3-4(8)5(12-2)6(9)10-7(3)11/h3-6H,1-2H3,(H,10,11). The molecule has 12 heavy (non-hydrogen) atoms. The first-order valence-electron chi connectivity index (χ1n) is 3.69. The van der Waals surface area contributed by atoms with Crippen LogP contribution in [0, 0.1) is 5.92 Å². The topological polar surface area (TPSA) is 29.1 Å². The average molecular weight is 195 g/mol. The summed E-state index contributed by atoms with van der Waals surface area (Å²) in [6, 6.07) is 0. The number of rotatable bonds is 1. The summed E-state index contributed by atoms with van der Waals surface area (Å²) in [5.41, 5.74) is 0. The predicted molar refractivity (Wildman–Crippen MR) is 44.4 cm³/mol. The van der Waals surface area contributed by atoms with Crippen molar-refractivity contribution in [2.75, 3.05) is 6.26 Å². The molecule has 0 saturated carbocycles. The second-order valence-electron chi connectivity index (χ2n) is 2.84. The average Bonchev–Trinajstić information content (AvgIpc) is 2.01. The van der Waals surface area contributed by atoms with Gasteiger partial charge in [0.1, 0.15) is 6.17 Å². The van der Waals surface area contributed by atoms with Crippen LogP contribution in [0.1, 0.15) is 6.92 Å². The predicted octanol–water partition coefficient (Wildman–Crippen LogP) is 1.12. The molecule has 0 aliphatic carbocycles. The van der Waals surface area contributed by atoms with Gasteiger partial charge in [0, 0.05) is 0 Å². The van der Waals surface area contributed by atoms with E-state index in [0.29, 0.717) is 0 Å². The van der Waals surface area contributed by atoms with Crippen molar-refractivity contribution < 1.29 is 13.6 Å². The van der Waals surface area contributed by atoms with Crippen molar-refractivity contribution in [1.29, 1.82) is 0 Å². The van der Waals surface area contributed by atoms with E-state index in [2.05, 4.69) is 5.32 Å². The van der Waals surface area contributed by atoms with Crippen LogP contribution in [0.25, 0.3) is 0 Å². The van der Waals surface area contributed by atoms with E-state index in [-0.39, 0.29) is 0 Å². The van der Waals surface area contributed by atoms with Gasteiger partial charge in [0.15, 0.2) is 6.30 Å². The highest BCUT2D eigenvalue weighted by Crippen LogP contribution is 2.28. The van der Waals surface area contributed by atoms with Crippen molar-refractivity contribution in [3.8, 4) is 0 Å². The maximum absolute atomic E-state index is 13.2. The summed E-state index contributed by atoms with van der Waals surface area (Å²) < 4.78 is 26.2. The second kappa shape index (κ2) is 3.60. The molecule has 0 radical (unpaired) electrons. The number of amides is 1. The van der Waals surface area contributed by atoms with E-state index < -0.39 is 29.5 Å². The Hall–Kier alpha value is -0.320.